The Morgan fingerprint density at radius 3 is 1.87 bits per heavy atom. The highest BCUT2D eigenvalue weighted by Gasteiger charge is 2.52. The standard InChI is InChI=1S/C58H43NS/c1-57(2)49-21-8-3-14-41(49)45-32-30-38(34-53(45)57)59(37-28-26-36(27-29-37)40-19-13-20-48-47-18-7-12-25-55(47)60-56(40)48)39-31-33-46-44-17-6-11-24-52(44)58(54(46)35-39)50-22-9-4-15-42(50)43-16-5-10-23-51(43)58/h3-10,12,14-19,21-23,25-35H,11,13,20,24H2,1-2H3. The molecule has 0 saturated carbocycles. The van der Waals surface area contributed by atoms with E-state index >= 15 is 0 Å². The second kappa shape index (κ2) is 12.5. The number of hydrogen-bond donors (Lipinski definition) is 0. The molecule has 1 aromatic heterocycles. The Bertz CT molecular complexity index is 3190. The molecule has 8 aromatic rings. The van der Waals surface area contributed by atoms with Crippen LogP contribution < -0.4 is 4.90 Å². The molecule has 0 N–H and O–H groups in total. The first-order valence-corrected chi connectivity index (χ1v) is 22.4. The van der Waals surface area contributed by atoms with Crippen LogP contribution in [0.2, 0.25) is 0 Å². The van der Waals surface area contributed by atoms with E-state index < -0.39 is 0 Å². The van der Waals surface area contributed by atoms with Crippen molar-refractivity contribution in [3.63, 3.8) is 0 Å². The monoisotopic (exact) mass is 785 g/mol. The minimum atomic E-state index is -0.328. The number of allylic oxidation sites excluding steroid dienone is 5. The lowest BCUT2D eigenvalue weighted by Gasteiger charge is -2.34. The summed E-state index contributed by atoms with van der Waals surface area (Å²) in [5.74, 6) is 0. The van der Waals surface area contributed by atoms with Crippen LogP contribution in [-0.4, -0.2) is 0 Å². The molecule has 13 rings (SSSR count). The molecule has 60 heavy (non-hydrogen) atoms. The summed E-state index contributed by atoms with van der Waals surface area (Å²) in [4.78, 5) is 3.95. The predicted octanol–water partition coefficient (Wildman–Crippen LogP) is 15.5. The van der Waals surface area contributed by atoms with Gasteiger partial charge in [-0.3, -0.25) is 0 Å². The molecule has 5 aliphatic rings. The summed E-state index contributed by atoms with van der Waals surface area (Å²) in [5, 5.41) is 1.42. The fourth-order valence-corrected chi connectivity index (χ4v) is 13.2. The first kappa shape index (κ1) is 34.4. The summed E-state index contributed by atoms with van der Waals surface area (Å²) in [6, 6.07) is 60.3. The van der Waals surface area contributed by atoms with Crippen molar-refractivity contribution in [1.29, 1.82) is 0 Å². The molecule has 0 radical (unpaired) electrons. The molecule has 0 unspecified atom stereocenters. The average Bonchev–Trinajstić information content (AvgIpc) is 3.99. The van der Waals surface area contributed by atoms with Crippen LogP contribution in [0.1, 0.15) is 82.5 Å². The Kier molecular flexibility index (Phi) is 7.18. The average molecular weight is 786 g/mol. The van der Waals surface area contributed by atoms with E-state index in [-0.39, 0.29) is 10.8 Å². The van der Waals surface area contributed by atoms with Gasteiger partial charge in [-0.2, -0.15) is 0 Å². The van der Waals surface area contributed by atoms with Crippen LogP contribution in [0.25, 0.3) is 43.5 Å². The highest BCUT2D eigenvalue weighted by Crippen LogP contribution is 2.64. The topological polar surface area (TPSA) is 3.24 Å². The minimum Gasteiger partial charge on any atom is -0.310 e. The number of thiophene rings is 1. The van der Waals surface area contributed by atoms with Gasteiger partial charge < -0.3 is 4.90 Å². The Morgan fingerprint density at radius 2 is 1.12 bits per heavy atom. The van der Waals surface area contributed by atoms with Crippen molar-refractivity contribution in [2.75, 3.05) is 4.90 Å². The molecular weight excluding hydrogens is 743 g/mol. The zero-order valence-electron chi connectivity index (χ0n) is 33.9. The number of hydrogen-bond acceptors (Lipinski definition) is 2. The van der Waals surface area contributed by atoms with Crippen molar-refractivity contribution in [3.05, 3.63) is 231 Å². The minimum absolute atomic E-state index is 0.110. The molecule has 286 valence electrons. The van der Waals surface area contributed by atoms with Gasteiger partial charge in [0, 0.05) is 32.1 Å². The fraction of sp³-hybridized carbons (Fsp3) is 0.138. The second-order valence-corrected chi connectivity index (χ2v) is 18.8. The normalized spacial score (nSPS) is 16.8. The smallest absolute Gasteiger partial charge is 0.0689 e. The third-order valence-electron chi connectivity index (χ3n) is 14.5. The Labute approximate surface area is 356 Å². The van der Waals surface area contributed by atoms with Gasteiger partial charge in [0.1, 0.15) is 0 Å². The summed E-state index contributed by atoms with van der Waals surface area (Å²) in [6.45, 7) is 4.77. The lowest BCUT2D eigenvalue weighted by Crippen LogP contribution is -2.28. The molecule has 0 aliphatic heterocycles. The van der Waals surface area contributed by atoms with Gasteiger partial charge in [-0.05, 0) is 157 Å². The lowest BCUT2D eigenvalue weighted by molar-refractivity contribution is 0.660. The maximum absolute atomic E-state index is 2.55. The molecule has 1 spiro atoms. The predicted molar refractivity (Wildman–Crippen MR) is 253 cm³/mol. The Balaban J connectivity index is 1.01. The molecule has 2 heteroatoms. The van der Waals surface area contributed by atoms with Crippen LogP contribution in [0.15, 0.2) is 182 Å². The van der Waals surface area contributed by atoms with Gasteiger partial charge in [-0.25, -0.2) is 0 Å². The van der Waals surface area contributed by atoms with Crippen molar-refractivity contribution >= 4 is 49.6 Å². The van der Waals surface area contributed by atoms with Crippen molar-refractivity contribution in [3.8, 4) is 22.3 Å². The SMILES string of the molecule is CC1(C)c2ccccc2-c2ccc(N(c3ccc(C4=CCCc5c4sc4ccccc54)cc3)c3ccc4c(c3)C3(C5=C4C=CCC5)c4ccccc4-c4ccccc43)cc21. The molecule has 1 nitrogen and oxygen atoms in total. The van der Waals surface area contributed by atoms with E-state index in [9.17, 15) is 0 Å². The van der Waals surface area contributed by atoms with Crippen LogP contribution in [-0.2, 0) is 17.3 Å². The van der Waals surface area contributed by atoms with Gasteiger partial charge in [0.15, 0.2) is 0 Å². The third kappa shape index (κ3) is 4.52. The zero-order chi connectivity index (χ0) is 39.7. The van der Waals surface area contributed by atoms with E-state index in [0.29, 0.717) is 0 Å². The molecular formula is C58H43NS. The number of benzene rings is 7. The number of anilines is 3. The number of aryl methyl sites for hydroxylation is 1. The summed E-state index contributed by atoms with van der Waals surface area (Å²) in [6.07, 6.45) is 11.6. The first-order chi connectivity index (χ1) is 29.5. The highest BCUT2D eigenvalue weighted by atomic mass is 32.1. The molecule has 0 bridgehead atoms. The van der Waals surface area contributed by atoms with E-state index in [1.165, 1.54) is 104 Å². The molecule has 1 heterocycles. The van der Waals surface area contributed by atoms with E-state index in [1.54, 1.807) is 5.57 Å². The van der Waals surface area contributed by atoms with Crippen molar-refractivity contribution < 1.29 is 0 Å². The van der Waals surface area contributed by atoms with Crippen LogP contribution in [0.3, 0.4) is 0 Å². The zero-order valence-corrected chi connectivity index (χ0v) is 34.7. The van der Waals surface area contributed by atoms with Gasteiger partial charge in [0.05, 0.1) is 5.41 Å². The molecule has 0 fully saturated rings. The summed E-state index contributed by atoms with van der Waals surface area (Å²) >= 11 is 1.94. The highest BCUT2D eigenvalue weighted by molar-refractivity contribution is 7.20. The lowest BCUT2D eigenvalue weighted by atomic mass is 9.68. The van der Waals surface area contributed by atoms with Crippen molar-refractivity contribution in [1.82, 2.24) is 0 Å². The summed E-state index contributed by atoms with van der Waals surface area (Å²) in [7, 11) is 0. The van der Waals surface area contributed by atoms with Gasteiger partial charge in [0.25, 0.3) is 0 Å². The van der Waals surface area contributed by atoms with E-state index in [0.717, 1.165) is 31.4 Å². The molecule has 7 aromatic carbocycles. The number of fused-ring (bicyclic) bond motifs is 15. The summed E-state index contributed by atoms with van der Waals surface area (Å²) in [5.41, 5.74) is 24.0. The molecule has 0 amide bonds. The second-order valence-electron chi connectivity index (χ2n) is 17.7. The van der Waals surface area contributed by atoms with Crippen LogP contribution in [0, 0.1) is 0 Å². The van der Waals surface area contributed by atoms with Crippen LogP contribution in [0.5, 0.6) is 0 Å². The number of nitrogens with zero attached hydrogens (tertiary/aromatic N) is 1. The molecule has 0 saturated heterocycles. The molecule has 0 atom stereocenters. The van der Waals surface area contributed by atoms with Gasteiger partial charge in [-0.15, -0.1) is 11.3 Å². The largest absolute Gasteiger partial charge is 0.310 e. The first-order valence-electron chi connectivity index (χ1n) is 21.6. The Morgan fingerprint density at radius 1 is 0.517 bits per heavy atom. The third-order valence-corrected chi connectivity index (χ3v) is 15.7. The quantitative estimate of drug-likeness (QED) is 0.172. The number of rotatable bonds is 4. The summed E-state index contributed by atoms with van der Waals surface area (Å²) < 4.78 is 1.38. The van der Waals surface area contributed by atoms with Crippen LogP contribution in [0.4, 0.5) is 17.1 Å². The van der Waals surface area contributed by atoms with Gasteiger partial charge >= 0.3 is 0 Å². The van der Waals surface area contributed by atoms with Crippen molar-refractivity contribution in [2.24, 2.45) is 0 Å². The van der Waals surface area contributed by atoms with Gasteiger partial charge in [0.2, 0.25) is 0 Å². The van der Waals surface area contributed by atoms with Crippen molar-refractivity contribution in [2.45, 2.75) is 50.4 Å². The van der Waals surface area contributed by atoms with Gasteiger partial charge in [-0.1, -0.05) is 147 Å². The maximum Gasteiger partial charge on any atom is 0.0689 e. The fourth-order valence-electron chi connectivity index (χ4n) is 11.9. The van der Waals surface area contributed by atoms with E-state index in [1.807, 2.05) is 11.3 Å². The van der Waals surface area contributed by atoms with Crippen LogP contribution >= 0.6 is 11.3 Å². The molecule has 5 aliphatic carbocycles. The Hall–Kier alpha value is -6.48. The van der Waals surface area contributed by atoms with E-state index in [2.05, 4.69) is 195 Å². The maximum atomic E-state index is 2.55. The van der Waals surface area contributed by atoms with E-state index in [4.69, 9.17) is 0 Å².